The van der Waals surface area contributed by atoms with Crippen LogP contribution in [0, 0.1) is 0 Å². The Balaban J connectivity index is 2.05. The van der Waals surface area contributed by atoms with E-state index in [1.807, 2.05) is 0 Å². The summed E-state index contributed by atoms with van der Waals surface area (Å²) in [5, 5.41) is 0. The Morgan fingerprint density at radius 2 is 1.39 bits per heavy atom. The fourth-order valence-electron chi connectivity index (χ4n) is 2.59. The van der Waals surface area contributed by atoms with Crippen LogP contribution in [0.5, 0.6) is 0 Å². The number of allylic oxidation sites excluding steroid dienone is 1. The Morgan fingerprint density at radius 3 is 1.94 bits per heavy atom. The number of carbonyl (C=O) groups excluding carboxylic acids is 2. The lowest BCUT2D eigenvalue weighted by atomic mass is 10.0. The lowest BCUT2D eigenvalue weighted by Gasteiger charge is -2.04. The maximum atomic E-state index is 12.3. The first-order valence-corrected chi connectivity index (χ1v) is 13.6. The van der Waals surface area contributed by atoms with Gasteiger partial charge in [0.05, 0.1) is 22.2 Å². The van der Waals surface area contributed by atoms with Crippen molar-refractivity contribution in [3.8, 4) is 0 Å². The quantitative estimate of drug-likeness (QED) is 0.202. The molecular formula is C21H20Cl2O6S2. The minimum absolute atomic E-state index is 0.00565. The van der Waals surface area contributed by atoms with Crippen LogP contribution in [-0.2, 0) is 30.2 Å². The molecule has 0 unspecified atom stereocenters. The van der Waals surface area contributed by atoms with Crippen molar-refractivity contribution in [2.24, 2.45) is 0 Å². The molecule has 0 aromatic heterocycles. The number of ketones is 2. The smallest absolute Gasteiger partial charge is 0.232 e. The molecule has 0 atom stereocenters. The highest BCUT2D eigenvalue weighted by molar-refractivity contribution is 7.91. The van der Waals surface area contributed by atoms with Gasteiger partial charge in [-0.2, -0.15) is 0 Å². The lowest BCUT2D eigenvalue weighted by Crippen LogP contribution is -2.12. The predicted molar refractivity (Wildman–Crippen MR) is 122 cm³/mol. The number of carbonyl (C=O) groups is 2. The molecule has 0 aliphatic heterocycles. The van der Waals surface area contributed by atoms with Crippen molar-refractivity contribution < 1.29 is 26.4 Å². The van der Waals surface area contributed by atoms with Gasteiger partial charge in [0.15, 0.2) is 19.7 Å². The Hall–Kier alpha value is -2.00. The third-order valence-corrected chi connectivity index (χ3v) is 8.38. The third-order valence-electron chi connectivity index (χ3n) is 4.23. The van der Waals surface area contributed by atoms with Gasteiger partial charge in [0.1, 0.15) is 0 Å². The van der Waals surface area contributed by atoms with Crippen LogP contribution in [0.4, 0.5) is 0 Å². The molecule has 0 radical (unpaired) electrons. The second kappa shape index (κ2) is 11.0. The molecule has 0 aliphatic rings. The highest BCUT2D eigenvalue weighted by Crippen LogP contribution is 2.15. The topological polar surface area (TPSA) is 102 Å². The van der Waals surface area contributed by atoms with E-state index < -0.39 is 31.2 Å². The lowest BCUT2D eigenvalue weighted by molar-refractivity contribution is -0.110. The van der Waals surface area contributed by atoms with Gasteiger partial charge in [0, 0.05) is 17.3 Å². The zero-order chi connectivity index (χ0) is 23.1. The van der Waals surface area contributed by atoms with Gasteiger partial charge in [-0.15, -0.1) is 23.2 Å². The summed E-state index contributed by atoms with van der Waals surface area (Å²) in [6.07, 6.45) is 2.51. The minimum atomic E-state index is -3.45. The summed E-state index contributed by atoms with van der Waals surface area (Å²) in [6, 6.07) is 11.6. The minimum Gasteiger partial charge on any atom is -0.286 e. The Bertz CT molecular complexity index is 1170. The van der Waals surface area contributed by atoms with E-state index in [9.17, 15) is 26.4 Å². The molecule has 2 aromatic carbocycles. The maximum Gasteiger partial charge on any atom is 0.232 e. The molecule has 10 heteroatoms. The van der Waals surface area contributed by atoms with Crippen molar-refractivity contribution in [3.05, 3.63) is 71.3 Å². The van der Waals surface area contributed by atoms with Gasteiger partial charge in [-0.25, -0.2) is 16.8 Å². The average Bonchev–Trinajstić information content (AvgIpc) is 2.72. The predicted octanol–water partition coefficient (Wildman–Crippen LogP) is 3.32. The van der Waals surface area contributed by atoms with Crippen LogP contribution in [0.15, 0.2) is 59.5 Å². The van der Waals surface area contributed by atoms with E-state index in [-0.39, 0.29) is 39.5 Å². The van der Waals surface area contributed by atoms with Gasteiger partial charge in [0.25, 0.3) is 0 Å². The Labute approximate surface area is 191 Å². The van der Waals surface area contributed by atoms with Crippen LogP contribution in [0.25, 0.3) is 6.08 Å². The van der Waals surface area contributed by atoms with Crippen LogP contribution < -0.4 is 0 Å². The molecule has 0 saturated carbocycles. The number of alkyl halides is 2. The fraction of sp³-hybridized carbons (Fsp3) is 0.238. The first kappa shape index (κ1) is 25.3. The molecule has 0 amide bonds. The summed E-state index contributed by atoms with van der Waals surface area (Å²) < 4.78 is 47.5. The molecule has 0 saturated heterocycles. The van der Waals surface area contributed by atoms with Crippen molar-refractivity contribution in [3.63, 3.8) is 0 Å². The molecule has 2 rings (SSSR count). The molecular weight excluding hydrogens is 483 g/mol. The second-order valence-electron chi connectivity index (χ2n) is 6.58. The molecule has 31 heavy (non-hydrogen) atoms. The van der Waals surface area contributed by atoms with Gasteiger partial charge in [-0.3, -0.25) is 9.59 Å². The number of rotatable bonds is 11. The van der Waals surface area contributed by atoms with E-state index >= 15 is 0 Å². The van der Waals surface area contributed by atoms with Gasteiger partial charge in [0.2, 0.25) is 11.6 Å². The van der Waals surface area contributed by atoms with Crippen LogP contribution in [0.3, 0.4) is 0 Å². The summed E-state index contributed by atoms with van der Waals surface area (Å²) in [5.74, 6) is -2.02. The molecule has 0 N–H and O–H groups in total. The Kier molecular flexibility index (Phi) is 9.00. The van der Waals surface area contributed by atoms with Gasteiger partial charge in [-0.05, 0) is 29.3 Å². The van der Waals surface area contributed by atoms with E-state index in [2.05, 4.69) is 0 Å². The summed E-state index contributed by atoms with van der Waals surface area (Å²) in [5.41, 5.74) is 1.18. The highest BCUT2D eigenvalue weighted by atomic mass is 35.5. The largest absolute Gasteiger partial charge is 0.286 e. The fourth-order valence-corrected chi connectivity index (χ4v) is 5.98. The van der Waals surface area contributed by atoms with Crippen molar-refractivity contribution in [1.82, 2.24) is 0 Å². The monoisotopic (exact) mass is 502 g/mol. The molecule has 6 nitrogen and oxygen atoms in total. The number of halogens is 2. The third kappa shape index (κ3) is 7.57. The van der Waals surface area contributed by atoms with Crippen molar-refractivity contribution in [2.45, 2.75) is 10.6 Å². The van der Waals surface area contributed by atoms with E-state index in [0.29, 0.717) is 11.1 Å². The zero-order valence-electron chi connectivity index (χ0n) is 16.3. The molecule has 0 fully saturated rings. The van der Waals surface area contributed by atoms with E-state index in [4.69, 9.17) is 23.2 Å². The molecule has 166 valence electrons. The molecule has 2 aromatic rings. The van der Waals surface area contributed by atoms with Crippen LogP contribution >= 0.6 is 23.2 Å². The highest BCUT2D eigenvalue weighted by Gasteiger charge is 2.16. The summed E-state index contributed by atoms with van der Waals surface area (Å²) >= 11 is 11.0. The van der Waals surface area contributed by atoms with Crippen LogP contribution in [0.1, 0.15) is 21.5 Å². The number of benzene rings is 2. The SMILES string of the molecule is O=C(/C=C/c1ccc(S(=O)(=O)CCCl)cc1)C(=O)c1ccc(CS(=O)(=O)CCCl)cc1. The van der Waals surface area contributed by atoms with Crippen molar-refractivity contribution >= 4 is 60.5 Å². The second-order valence-corrected chi connectivity index (χ2v) is 11.6. The van der Waals surface area contributed by atoms with Crippen molar-refractivity contribution in [1.29, 1.82) is 0 Å². The van der Waals surface area contributed by atoms with E-state index in [1.165, 1.54) is 54.6 Å². The normalized spacial score (nSPS) is 12.2. The number of hydrogen-bond donors (Lipinski definition) is 0. The number of Topliss-reactive ketones (excluding diaryl/α,β-unsaturated/α-hetero) is 1. The number of sulfone groups is 2. The molecule has 0 bridgehead atoms. The standard InChI is InChI=1S/C21H20Cl2O6S2/c22-11-13-30(26,27)15-17-1-6-18(7-2-17)21(25)20(24)10-5-16-3-8-19(9-4-16)31(28,29)14-12-23/h1-10H,11-15H2/b10-5+. The number of hydrogen-bond acceptors (Lipinski definition) is 6. The van der Waals surface area contributed by atoms with E-state index in [0.717, 1.165) is 6.08 Å². The first-order chi connectivity index (χ1) is 14.6. The molecule has 0 aliphatic carbocycles. The maximum absolute atomic E-state index is 12.3. The average molecular weight is 503 g/mol. The molecule has 0 heterocycles. The van der Waals surface area contributed by atoms with E-state index in [1.54, 1.807) is 0 Å². The van der Waals surface area contributed by atoms with Gasteiger partial charge < -0.3 is 0 Å². The van der Waals surface area contributed by atoms with Crippen LogP contribution in [-0.4, -0.2) is 51.7 Å². The zero-order valence-corrected chi connectivity index (χ0v) is 19.5. The van der Waals surface area contributed by atoms with Gasteiger partial charge in [-0.1, -0.05) is 42.5 Å². The molecule has 0 spiro atoms. The van der Waals surface area contributed by atoms with Gasteiger partial charge >= 0.3 is 0 Å². The summed E-state index contributed by atoms with van der Waals surface area (Å²) in [6.45, 7) is 0. The van der Waals surface area contributed by atoms with Crippen molar-refractivity contribution in [2.75, 3.05) is 23.3 Å². The summed E-state index contributed by atoms with van der Waals surface area (Å²) in [4.78, 5) is 24.6. The van der Waals surface area contributed by atoms with Crippen LogP contribution in [0.2, 0.25) is 0 Å². The Morgan fingerprint density at radius 1 is 0.806 bits per heavy atom. The first-order valence-electron chi connectivity index (χ1n) is 9.09. The summed E-state index contributed by atoms with van der Waals surface area (Å²) in [7, 11) is -6.78.